The third-order valence-corrected chi connectivity index (χ3v) is 2.43. The van der Waals surface area contributed by atoms with Crippen LogP contribution in [0.2, 0.25) is 0 Å². The Bertz CT molecular complexity index is 434. The highest BCUT2D eigenvalue weighted by molar-refractivity contribution is 5.85. The molecule has 0 bridgehead atoms. The molecule has 1 amide bonds. The molecule has 118 valence electrons. The first-order valence-corrected chi connectivity index (χ1v) is 7.16. The van der Waals surface area contributed by atoms with Crippen molar-refractivity contribution < 1.29 is 23.7 Å². The number of hydrogen-bond donors (Lipinski definition) is 1. The molecule has 0 radical (unpaired) electrons. The quantitative estimate of drug-likeness (QED) is 0.796. The molecule has 6 nitrogen and oxygen atoms in total. The van der Waals surface area contributed by atoms with Gasteiger partial charge in [0.15, 0.2) is 11.5 Å². The van der Waals surface area contributed by atoms with E-state index in [-0.39, 0.29) is 0 Å². The van der Waals surface area contributed by atoms with E-state index in [4.69, 9.17) is 18.9 Å². The summed E-state index contributed by atoms with van der Waals surface area (Å²) in [6.07, 6.45) is -0.522. The average Bonchev–Trinajstić information content (AvgIpc) is 2.43. The summed E-state index contributed by atoms with van der Waals surface area (Å²) < 4.78 is 21.6. The molecule has 0 atom stereocenters. The van der Waals surface area contributed by atoms with E-state index in [1.807, 2.05) is 20.8 Å². The van der Waals surface area contributed by atoms with Crippen LogP contribution in [0, 0.1) is 0 Å². The maximum atomic E-state index is 11.5. The van der Waals surface area contributed by atoms with E-state index in [0.717, 1.165) is 0 Å². The van der Waals surface area contributed by atoms with Gasteiger partial charge in [0.25, 0.3) is 0 Å². The van der Waals surface area contributed by atoms with Crippen molar-refractivity contribution in [2.45, 2.75) is 27.7 Å². The average molecular weight is 297 g/mol. The van der Waals surface area contributed by atoms with Crippen molar-refractivity contribution >= 4 is 11.8 Å². The molecular weight excluding hydrogens is 274 g/mol. The van der Waals surface area contributed by atoms with Crippen molar-refractivity contribution in [2.75, 3.05) is 31.7 Å². The summed E-state index contributed by atoms with van der Waals surface area (Å²) >= 11 is 0. The predicted molar refractivity (Wildman–Crippen MR) is 80.6 cm³/mol. The van der Waals surface area contributed by atoms with Gasteiger partial charge in [0, 0.05) is 12.1 Å². The van der Waals surface area contributed by atoms with Gasteiger partial charge in [-0.3, -0.25) is 5.32 Å². The first-order valence-electron chi connectivity index (χ1n) is 7.16. The van der Waals surface area contributed by atoms with Gasteiger partial charge in [-0.05, 0) is 27.7 Å². The lowest BCUT2D eigenvalue weighted by Gasteiger charge is -2.17. The molecule has 0 fully saturated rings. The Kier molecular flexibility index (Phi) is 7.21. The number of benzene rings is 1. The Morgan fingerprint density at radius 2 is 1.43 bits per heavy atom. The van der Waals surface area contributed by atoms with E-state index in [9.17, 15) is 4.79 Å². The van der Waals surface area contributed by atoms with Gasteiger partial charge in [0.05, 0.1) is 32.1 Å². The minimum absolute atomic E-state index is 0.305. The van der Waals surface area contributed by atoms with Crippen LogP contribution >= 0.6 is 0 Å². The van der Waals surface area contributed by atoms with E-state index < -0.39 is 6.09 Å². The van der Waals surface area contributed by atoms with Gasteiger partial charge in [0.1, 0.15) is 0 Å². The van der Waals surface area contributed by atoms with Crippen LogP contribution in [0.15, 0.2) is 12.1 Å². The van der Waals surface area contributed by atoms with Gasteiger partial charge in [0.2, 0.25) is 5.75 Å². The minimum Gasteiger partial charge on any atom is -0.490 e. The smallest absolute Gasteiger partial charge is 0.411 e. The molecule has 0 saturated carbocycles. The van der Waals surface area contributed by atoms with E-state index in [2.05, 4.69) is 5.32 Å². The van der Waals surface area contributed by atoms with Gasteiger partial charge < -0.3 is 18.9 Å². The van der Waals surface area contributed by atoms with Crippen molar-refractivity contribution in [1.29, 1.82) is 0 Å². The van der Waals surface area contributed by atoms with Gasteiger partial charge in [-0.15, -0.1) is 0 Å². The summed E-state index contributed by atoms with van der Waals surface area (Å²) in [5.41, 5.74) is 0.531. The van der Waals surface area contributed by atoms with Crippen molar-refractivity contribution in [3.05, 3.63) is 12.1 Å². The van der Waals surface area contributed by atoms with Crippen LogP contribution in [0.25, 0.3) is 0 Å². The Balaban J connectivity index is 3.12. The highest BCUT2D eigenvalue weighted by Crippen LogP contribution is 2.40. The molecule has 6 heteroatoms. The molecule has 0 heterocycles. The van der Waals surface area contributed by atoms with Crippen LogP contribution in [-0.2, 0) is 4.74 Å². The fourth-order valence-electron chi connectivity index (χ4n) is 1.75. The molecule has 0 aliphatic rings. The Morgan fingerprint density at radius 1 is 0.905 bits per heavy atom. The second kappa shape index (κ2) is 8.94. The van der Waals surface area contributed by atoms with Crippen molar-refractivity contribution in [1.82, 2.24) is 0 Å². The highest BCUT2D eigenvalue weighted by atomic mass is 16.6. The van der Waals surface area contributed by atoms with Crippen LogP contribution < -0.4 is 19.5 Å². The second-order valence-corrected chi connectivity index (χ2v) is 3.95. The standard InChI is InChI=1S/C15H23NO5/c1-5-18-12-9-11(16-15(17)21-8-4)10-13(19-6-2)14(12)20-7-3/h9-10H,5-8H2,1-4H3,(H,16,17). The molecule has 0 aliphatic carbocycles. The van der Waals surface area contributed by atoms with Crippen LogP contribution in [0.5, 0.6) is 17.2 Å². The number of hydrogen-bond acceptors (Lipinski definition) is 5. The number of nitrogens with one attached hydrogen (secondary N) is 1. The van der Waals surface area contributed by atoms with Crippen LogP contribution in [-0.4, -0.2) is 32.5 Å². The van der Waals surface area contributed by atoms with E-state index in [0.29, 0.717) is 49.4 Å². The van der Waals surface area contributed by atoms with Gasteiger partial charge >= 0.3 is 6.09 Å². The molecule has 0 aliphatic heterocycles. The highest BCUT2D eigenvalue weighted by Gasteiger charge is 2.16. The number of ether oxygens (including phenoxy) is 4. The Hall–Kier alpha value is -2.11. The summed E-state index contributed by atoms with van der Waals surface area (Å²) in [5, 5.41) is 2.63. The molecule has 1 N–H and O–H groups in total. The van der Waals surface area contributed by atoms with Gasteiger partial charge in [-0.1, -0.05) is 0 Å². The molecule has 1 aromatic carbocycles. The van der Waals surface area contributed by atoms with Crippen LogP contribution in [0.4, 0.5) is 10.5 Å². The summed E-state index contributed by atoms with van der Waals surface area (Å²) in [6, 6.07) is 3.38. The molecular formula is C15H23NO5. The number of carbonyl (C=O) groups excluding carboxylic acids is 1. The van der Waals surface area contributed by atoms with Crippen molar-refractivity contribution in [3.8, 4) is 17.2 Å². The Morgan fingerprint density at radius 3 is 1.86 bits per heavy atom. The van der Waals surface area contributed by atoms with E-state index >= 15 is 0 Å². The first-order chi connectivity index (χ1) is 10.2. The van der Waals surface area contributed by atoms with E-state index in [1.54, 1.807) is 19.1 Å². The van der Waals surface area contributed by atoms with Crippen LogP contribution in [0.3, 0.4) is 0 Å². The fourth-order valence-corrected chi connectivity index (χ4v) is 1.75. The lowest BCUT2D eigenvalue weighted by molar-refractivity contribution is 0.168. The zero-order chi connectivity index (χ0) is 15.7. The molecule has 21 heavy (non-hydrogen) atoms. The van der Waals surface area contributed by atoms with Crippen LogP contribution in [0.1, 0.15) is 27.7 Å². The lowest BCUT2D eigenvalue weighted by atomic mass is 10.2. The fraction of sp³-hybridized carbons (Fsp3) is 0.533. The van der Waals surface area contributed by atoms with Gasteiger partial charge in [-0.25, -0.2) is 4.79 Å². The summed E-state index contributed by atoms with van der Waals surface area (Å²) in [4.78, 5) is 11.5. The molecule has 1 aromatic rings. The molecule has 0 saturated heterocycles. The maximum absolute atomic E-state index is 11.5. The SMILES string of the molecule is CCOC(=O)Nc1cc(OCC)c(OCC)c(OCC)c1. The largest absolute Gasteiger partial charge is 0.490 e. The number of amides is 1. The zero-order valence-electron chi connectivity index (χ0n) is 13.0. The third kappa shape index (κ3) is 5.06. The topological polar surface area (TPSA) is 66.0 Å². The summed E-state index contributed by atoms with van der Waals surface area (Å²) in [6.45, 7) is 9.14. The lowest BCUT2D eigenvalue weighted by Crippen LogP contribution is -2.14. The second-order valence-electron chi connectivity index (χ2n) is 3.95. The molecule has 0 unspecified atom stereocenters. The van der Waals surface area contributed by atoms with E-state index in [1.165, 1.54) is 0 Å². The number of carbonyl (C=O) groups is 1. The summed E-state index contributed by atoms with van der Waals surface area (Å²) in [5.74, 6) is 1.59. The predicted octanol–water partition coefficient (Wildman–Crippen LogP) is 3.45. The van der Waals surface area contributed by atoms with Crippen molar-refractivity contribution in [2.24, 2.45) is 0 Å². The zero-order valence-corrected chi connectivity index (χ0v) is 13.0. The molecule has 0 spiro atoms. The number of rotatable bonds is 8. The van der Waals surface area contributed by atoms with Gasteiger partial charge in [-0.2, -0.15) is 0 Å². The number of anilines is 1. The minimum atomic E-state index is -0.522. The molecule has 0 aromatic heterocycles. The normalized spacial score (nSPS) is 9.90. The first kappa shape index (κ1) is 16.9. The molecule has 1 rings (SSSR count). The monoisotopic (exact) mass is 297 g/mol. The Labute approximate surface area is 125 Å². The van der Waals surface area contributed by atoms with Crippen molar-refractivity contribution in [3.63, 3.8) is 0 Å². The maximum Gasteiger partial charge on any atom is 0.411 e. The third-order valence-electron chi connectivity index (χ3n) is 2.43. The summed E-state index contributed by atoms with van der Waals surface area (Å²) in [7, 11) is 0.